The maximum atomic E-state index is 8.35. The van der Waals surface area contributed by atoms with Crippen LogP contribution in [0.4, 0.5) is 0 Å². The summed E-state index contributed by atoms with van der Waals surface area (Å²) in [6.45, 7) is 5.96. The zero-order valence-corrected chi connectivity index (χ0v) is 5.56. The molecule has 0 fully saturated rings. The molecule has 0 radical (unpaired) electrons. The lowest BCUT2D eigenvalue weighted by atomic mass is 10.2. The van der Waals surface area contributed by atoms with Gasteiger partial charge in [-0.25, -0.2) is 0 Å². The van der Waals surface area contributed by atoms with Crippen LogP contribution in [0, 0.1) is 11.3 Å². The number of hydrogen-bond donors (Lipinski definition) is 0. The average molecular weight is 113 g/mol. The zero-order chi connectivity index (χ0) is 6.62. The van der Waals surface area contributed by atoms with Crippen LogP contribution in [0.1, 0.15) is 20.8 Å². The second-order valence-electron chi connectivity index (χ2n) is 2.06. The molecule has 0 unspecified atom stereocenters. The molecule has 0 bridgehead atoms. The van der Waals surface area contributed by atoms with Crippen molar-refractivity contribution < 1.29 is 4.74 Å². The third kappa shape index (κ3) is 2.59. The Kier molecular flexibility index (Phi) is 2.50. The van der Waals surface area contributed by atoms with E-state index in [1.165, 1.54) is 0 Å². The van der Waals surface area contributed by atoms with Crippen LogP contribution in [-0.4, -0.2) is 12.2 Å². The molecule has 2 heteroatoms. The van der Waals surface area contributed by atoms with Gasteiger partial charge in [0.15, 0.2) is 0 Å². The third-order valence-corrected chi connectivity index (χ3v) is 0.774. The van der Waals surface area contributed by atoms with Crippen molar-refractivity contribution in [1.29, 1.82) is 5.26 Å². The largest absolute Gasteiger partial charge is 0.361 e. The van der Waals surface area contributed by atoms with Crippen LogP contribution < -0.4 is 0 Å². The Bertz CT molecular complexity index is 102. The van der Waals surface area contributed by atoms with Crippen molar-refractivity contribution in [2.75, 3.05) is 6.61 Å². The van der Waals surface area contributed by atoms with Gasteiger partial charge in [0.2, 0.25) is 0 Å². The second-order valence-corrected chi connectivity index (χ2v) is 2.06. The van der Waals surface area contributed by atoms with Crippen LogP contribution in [0.15, 0.2) is 0 Å². The van der Waals surface area contributed by atoms with Crippen LogP contribution >= 0.6 is 0 Å². The molecule has 0 aliphatic carbocycles. The lowest BCUT2D eigenvalue weighted by Gasteiger charge is -2.13. The summed E-state index contributed by atoms with van der Waals surface area (Å²) in [4.78, 5) is 0. The lowest BCUT2D eigenvalue weighted by molar-refractivity contribution is 0.0345. The van der Waals surface area contributed by atoms with Crippen molar-refractivity contribution in [1.82, 2.24) is 0 Å². The van der Waals surface area contributed by atoms with E-state index in [9.17, 15) is 0 Å². The van der Waals surface area contributed by atoms with Crippen LogP contribution in [-0.2, 0) is 4.74 Å². The maximum Gasteiger partial charge on any atom is 0.148 e. The molecule has 0 rings (SSSR count). The van der Waals surface area contributed by atoms with E-state index in [-0.39, 0.29) is 0 Å². The molecule has 0 heterocycles. The van der Waals surface area contributed by atoms with Crippen molar-refractivity contribution in [2.45, 2.75) is 26.4 Å². The van der Waals surface area contributed by atoms with E-state index in [0.717, 1.165) is 0 Å². The Hall–Kier alpha value is -0.550. The maximum absolute atomic E-state index is 8.35. The molecule has 0 aliphatic heterocycles. The minimum atomic E-state index is -0.602. The van der Waals surface area contributed by atoms with Gasteiger partial charge >= 0.3 is 0 Å². The molecule has 46 valence electrons. The molecule has 0 aromatic carbocycles. The predicted molar refractivity (Wildman–Crippen MR) is 31.3 cm³/mol. The van der Waals surface area contributed by atoms with E-state index in [1.54, 1.807) is 13.8 Å². The molecule has 8 heavy (non-hydrogen) atoms. The number of nitrogens with zero attached hydrogens (tertiary/aromatic N) is 1. The van der Waals surface area contributed by atoms with E-state index >= 15 is 0 Å². The minimum Gasteiger partial charge on any atom is -0.361 e. The Morgan fingerprint density at radius 1 is 1.62 bits per heavy atom. The van der Waals surface area contributed by atoms with Crippen LogP contribution in [0.5, 0.6) is 0 Å². The summed E-state index contributed by atoms with van der Waals surface area (Å²) in [6.07, 6.45) is 0. The Morgan fingerprint density at radius 3 is 2.25 bits per heavy atom. The number of rotatable bonds is 2. The summed E-state index contributed by atoms with van der Waals surface area (Å²) in [6, 6.07) is 2.02. The minimum absolute atomic E-state index is 0.598. The predicted octanol–water partition coefficient (Wildman–Crippen LogP) is 1.33. The molecule has 0 aromatic heterocycles. The van der Waals surface area contributed by atoms with Gasteiger partial charge in [-0.15, -0.1) is 0 Å². The lowest BCUT2D eigenvalue weighted by Crippen LogP contribution is -2.21. The van der Waals surface area contributed by atoms with Crippen LogP contribution in [0.2, 0.25) is 0 Å². The summed E-state index contributed by atoms with van der Waals surface area (Å²) in [5, 5.41) is 8.35. The number of ether oxygens (including phenoxy) is 1. The standard InChI is InChI=1S/C6H11NO/c1-4-8-6(2,3)5-7/h4H2,1-3H3. The molecule has 0 amide bonds. The fourth-order valence-corrected chi connectivity index (χ4v) is 0.393. The van der Waals surface area contributed by atoms with E-state index in [2.05, 4.69) is 0 Å². The smallest absolute Gasteiger partial charge is 0.148 e. The SMILES string of the molecule is CCOC(C)(C)C#N. The fourth-order valence-electron chi connectivity index (χ4n) is 0.393. The summed E-state index contributed by atoms with van der Waals surface area (Å²) >= 11 is 0. The molecule has 2 nitrogen and oxygen atoms in total. The number of nitriles is 1. The molecule has 0 spiro atoms. The average Bonchev–Trinajstić information content (AvgIpc) is 1.67. The highest BCUT2D eigenvalue weighted by Gasteiger charge is 2.14. The Balaban J connectivity index is 3.59. The van der Waals surface area contributed by atoms with E-state index in [0.29, 0.717) is 6.61 Å². The quantitative estimate of drug-likeness (QED) is 0.541. The van der Waals surface area contributed by atoms with Crippen LogP contribution in [0.25, 0.3) is 0 Å². The van der Waals surface area contributed by atoms with Crippen molar-refractivity contribution in [3.63, 3.8) is 0 Å². The van der Waals surface area contributed by atoms with Crippen molar-refractivity contribution >= 4 is 0 Å². The van der Waals surface area contributed by atoms with Crippen molar-refractivity contribution in [2.24, 2.45) is 0 Å². The van der Waals surface area contributed by atoms with E-state index in [4.69, 9.17) is 10.00 Å². The number of hydrogen-bond acceptors (Lipinski definition) is 2. The Morgan fingerprint density at radius 2 is 2.12 bits per heavy atom. The van der Waals surface area contributed by atoms with Crippen molar-refractivity contribution in [3.05, 3.63) is 0 Å². The molecular formula is C6H11NO. The first kappa shape index (κ1) is 7.45. The van der Waals surface area contributed by atoms with Gasteiger partial charge < -0.3 is 4.74 Å². The van der Waals surface area contributed by atoms with Gasteiger partial charge in [0.25, 0.3) is 0 Å². The monoisotopic (exact) mass is 113 g/mol. The normalized spacial score (nSPS) is 10.8. The topological polar surface area (TPSA) is 33.0 Å². The van der Waals surface area contributed by atoms with Gasteiger partial charge in [-0.1, -0.05) is 0 Å². The van der Waals surface area contributed by atoms with Gasteiger partial charge in [0, 0.05) is 6.61 Å². The first-order chi connectivity index (χ1) is 3.62. The summed E-state index contributed by atoms with van der Waals surface area (Å²) in [7, 11) is 0. The second kappa shape index (κ2) is 2.68. The first-order valence-corrected chi connectivity index (χ1v) is 2.67. The van der Waals surface area contributed by atoms with Crippen LogP contribution in [0.3, 0.4) is 0 Å². The van der Waals surface area contributed by atoms with Gasteiger partial charge in [-0.3, -0.25) is 0 Å². The van der Waals surface area contributed by atoms with Crippen molar-refractivity contribution in [3.8, 4) is 6.07 Å². The zero-order valence-electron chi connectivity index (χ0n) is 5.56. The van der Waals surface area contributed by atoms with Gasteiger partial charge in [0.05, 0.1) is 6.07 Å². The van der Waals surface area contributed by atoms with E-state index < -0.39 is 5.60 Å². The third-order valence-electron chi connectivity index (χ3n) is 0.774. The summed E-state index contributed by atoms with van der Waals surface area (Å²) in [5.74, 6) is 0. The molecular weight excluding hydrogens is 102 g/mol. The molecule has 0 saturated carbocycles. The summed E-state index contributed by atoms with van der Waals surface area (Å²) in [5.41, 5.74) is -0.602. The first-order valence-electron chi connectivity index (χ1n) is 2.67. The molecule has 0 N–H and O–H groups in total. The van der Waals surface area contributed by atoms with E-state index in [1.807, 2.05) is 13.0 Å². The molecule has 0 aromatic rings. The molecule has 0 atom stereocenters. The van der Waals surface area contributed by atoms with Gasteiger partial charge in [0.1, 0.15) is 5.60 Å². The fraction of sp³-hybridized carbons (Fsp3) is 0.833. The molecule has 0 saturated heterocycles. The highest BCUT2D eigenvalue weighted by molar-refractivity contribution is 4.93. The van der Waals surface area contributed by atoms with Gasteiger partial charge in [-0.05, 0) is 20.8 Å². The highest BCUT2D eigenvalue weighted by atomic mass is 16.5. The highest BCUT2D eigenvalue weighted by Crippen LogP contribution is 2.04. The summed E-state index contributed by atoms with van der Waals surface area (Å²) < 4.78 is 5.02. The van der Waals surface area contributed by atoms with Gasteiger partial charge in [-0.2, -0.15) is 5.26 Å². The Labute approximate surface area is 50.1 Å². The molecule has 0 aliphatic rings.